The van der Waals surface area contributed by atoms with E-state index in [2.05, 4.69) is 12.2 Å². The molecule has 5 atom stereocenters. The standard InChI is InChI=1S/C34H48FNO5S/c1-25(28-12-8-13-29(35)23-28)22-32(36-33(37)16-9-21-42(39,40)31-14-6-3-7-15-31)34(38)27-17-19-30(20-18-27)41-24-26-10-4-2-5-11-26/h2,4-5,10-11,17-20,25,28-29,31-32,34,38H,3,6-9,12-16,21-24H2,1H3,(H,36,37)/t25-,28?,29-,32-,34?/m1/s1. The number of amides is 1. The average Bonchev–Trinajstić information content (AvgIpc) is 3.00. The number of aliphatic hydroxyl groups is 1. The van der Waals surface area contributed by atoms with E-state index < -0.39 is 28.2 Å². The van der Waals surface area contributed by atoms with Crippen LogP contribution in [-0.2, 0) is 21.2 Å². The largest absolute Gasteiger partial charge is 0.489 e. The molecule has 2 aromatic rings. The maximum Gasteiger partial charge on any atom is 0.220 e. The molecule has 0 aliphatic heterocycles. The summed E-state index contributed by atoms with van der Waals surface area (Å²) in [6.07, 6.45) is 6.47. The summed E-state index contributed by atoms with van der Waals surface area (Å²) < 4.78 is 45.6. The Morgan fingerprint density at radius 3 is 2.40 bits per heavy atom. The summed E-state index contributed by atoms with van der Waals surface area (Å²) in [6, 6.07) is 16.6. The summed E-state index contributed by atoms with van der Waals surface area (Å²) in [6.45, 7) is 2.51. The number of aliphatic hydroxyl groups excluding tert-OH is 1. The zero-order chi connectivity index (χ0) is 30.0. The van der Waals surface area contributed by atoms with Crippen LogP contribution in [0, 0.1) is 11.8 Å². The van der Waals surface area contributed by atoms with Gasteiger partial charge in [0.05, 0.1) is 23.1 Å². The topological polar surface area (TPSA) is 92.7 Å². The van der Waals surface area contributed by atoms with E-state index >= 15 is 0 Å². The molecule has 0 spiro atoms. The molecule has 0 heterocycles. The van der Waals surface area contributed by atoms with Crippen molar-refractivity contribution in [3.63, 3.8) is 0 Å². The Hall–Kier alpha value is -2.45. The number of sulfone groups is 1. The Morgan fingerprint density at radius 1 is 1.00 bits per heavy atom. The summed E-state index contributed by atoms with van der Waals surface area (Å²) >= 11 is 0. The van der Waals surface area contributed by atoms with Gasteiger partial charge in [0.25, 0.3) is 0 Å². The van der Waals surface area contributed by atoms with Crippen LogP contribution in [0.2, 0.25) is 0 Å². The molecule has 2 unspecified atom stereocenters. The predicted octanol–water partition coefficient (Wildman–Crippen LogP) is 6.87. The molecule has 232 valence electrons. The van der Waals surface area contributed by atoms with Crippen LogP contribution in [0.4, 0.5) is 4.39 Å². The summed E-state index contributed by atoms with van der Waals surface area (Å²) in [4.78, 5) is 13.0. The van der Waals surface area contributed by atoms with E-state index in [0.717, 1.165) is 50.5 Å². The summed E-state index contributed by atoms with van der Waals surface area (Å²) in [5.74, 6) is 0.747. The molecule has 0 saturated heterocycles. The number of carbonyl (C=O) groups excluding carboxylic acids is 1. The maximum absolute atomic E-state index is 14.2. The molecule has 2 aliphatic carbocycles. The van der Waals surface area contributed by atoms with Gasteiger partial charge in [-0.1, -0.05) is 75.1 Å². The molecular weight excluding hydrogens is 553 g/mol. The second kappa shape index (κ2) is 15.9. The zero-order valence-corrected chi connectivity index (χ0v) is 25.7. The molecule has 0 bridgehead atoms. The first-order valence-electron chi connectivity index (χ1n) is 15.8. The molecule has 4 rings (SSSR count). The van der Waals surface area contributed by atoms with Gasteiger partial charge in [-0.25, -0.2) is 12.8 Å². The van der Waals surface area contributed by atoms with Crippen molar-refractivity contribution in [1.29, 1.82) is 0 Å². The van der Waals surface area contributed by atoms with Crippen LogP contribution < -0.4 is 10.1 Å². The van der Waals surface area contributed by atoms with E-state index in [4.69, 9.17) is 4.74 Å². The molecule has 2 aliphatic rings. The monoisotopic (exact) mass is 601 g/mol. The first kappa shape index (κ1) is 32.5. The third-order valence-electron chi connectivity index (χ3n) is 9.17. The lowest BCUT2D eigenvalue weighted by Crippen LogP contribution is -2.41. The summed E-state index contributed by atoms with van der Waals surface area (Å²) in [5.41, 5.74) is 1.72. The van der Waals surface area contributed by atoms with Gasteiger partial charge in [0.2, 0.25) is 5.91 Å². The van der Waals surface area contributed by atoms with Gasteiger partial charge in [0, 0.05) is 6.42 Å². The minimum atomic E-state index is -3.21. The fourth-order valence-corrected chi connectivity index (χ4v) is 8.51. The Balaban J connectivity index is 1.37. The summed E-state index contributed by atoms with van der Waals surface area (Å²) in [7, 11) is -3.21. The van der Waals surface area contributed by atoms with Crippen LogP contribution >= 0.6 is 0 Å². The second-order valence-corrected chi connectivity index (χ2v) is 14.8. The molecular formula is C34H48FNO5S. The van der Waals surface area contributed by atoms with E-state index in [9.17, 15) is 22.7 Å². The number of hydrogen-bond donors (Lipinski definition) is 2. The van der Waals surface area contributed by atoms with Crippen molar-refractivity contribution in [2.75, 3.05) is 5.75 Å². The van der Waals surface area contributed by atoms with Crippen LogP contribution in [-0.4, -0.2) is 42.6 Å². The highest BCUT2D eigenvalue weighted by Crippen LogP contribution is 2.35. The van der Waals surface area contributed by atoms with Crippen LogP contribution in [0.15, 0.2) is 54.6 Å². The molecule has 6 nitrogen and oxygen atoms in total. The van der Waals surface area contributed by atoms with Gasteiger partial charge >= 0.3 is 0 Å². The van der Waals surface area contributed by atoms with Crippen molar-refractivity contribution in [3.05, 3.63) is 65.7 Å². The van der Waals surface area contributed by atoms with Crippen LogP contribution in [0.5, 0.6) is 5.75 Å². The van der Waals surface area contributed by atoms with Gasteiger partial charge in [-0.05, 0) is 80.0 Å². The van der Waals surface area contributed by atoms with E-state index in [-0.39, 0.29) is 41.6 Å². The molecule has 1 amide bonds. The van der Waals surface area contributed by atoms with Crippen LogP contribution in [0.3, 0.4) is 0 Å². The first-order chi connectivity index (χ1) is 20.2. The second-order valence-electron chi connectivity index (χ2n) is 12.4. The number of halogens is 1. The van der Waals surface area contributed by atoms with Crippen molar-refractivity contribution in [3.8, 4) is 5.75 Å². The number of hydrogen-bond acceptors (Lipinski definition) is 5. The molecule has 0 radical (unpaired) electrons. The van der Waals surface area contributed by atoms with Crippen molar-refractivity contribution in [2.45, 2.75) is 114 Å². The molecule has 2 saturated carbocycles. The maximum atomic E-state index is 14.2. The predicted molar refractivity (Wildman–Crippen MR) is 165 cm³/mol. The van der Waals surface area contributed by atoms with Crippen molar-refractivity contribution in [2.24, 2.45) is 11.8 Å². The number of rotatable bonds is 14. The highest BCUT2D eigenvalue weighted by molar-refractivity contribution is 7.92. The third-order valence-corrected chi connectivity index (χ3v) is 11.5. The van der Waals surface area contributed by atoms with Crippen LogP contribution in [0.1, 0.15) is 101 Å². The highest BCUT2D eigenvalue weighted by atomic mass is 32.2. The fraction of sp³-hybridized carbons (Fsp3) is 0.618. The molecule has 0 aromatic heterocycles. The molecule has 42 heavy (non-hydrogen) atoms. The lowest BCUT2D eigenvalue weighted by atomic mass is 9.76. The summed E-state index contributed by atoms with van der Waals surface area (Å²) in [5, 5.41) is 14.2. The number of ether oxygens (including phenoxy) is 1. The van der Waals surface area contributed by atoms with E-state index in [0.29, 0.717) is 37.2 Å². The number of alkyl halides is 1. The quantitative estimate of drug-likeness (QED) is 0.247. The lowest BCUT2D eigenvalue weighted by Gasteiger charge is -2.34. The van der Waals surface area contributed by atoms with Gasteiger partial charge in [0.1, 0.15) is 18.5 Å². The molecule has 2 fully saturated rings. The van der Waals surface area contributed by atoms with Gasteiger partial charge < -0.3 is 15.2 Å². The van der Waals surface area contributed by atoms with E-state index in [1.165, 1.54) is 0 Å². The molecule has 2 N–H and O–H groups in total. The molecule has 2 aromatic carbocycles. The minimum absolute atomic E-state index is 0.0130. The van der Waals surface area contributed by atoms with Gasteiger partial charge in [-0.15, -0.1) is 0 Å². The average molecular weight is 602 g/mol. The number of benzene rings is 2. The third kappa shape index (κ3) is 9.80. The lowest BCUT2D eigenvalue weighted by molar-refractivity contribution is -0.123. The first-order valence-corrected chi connectivity index (χ1v) is 17.5. The van der Waals surface area contributed by atoms with E-state index in [1.54, 1.807) is 0 Å². The van der Waals surface area contributed by atoms with Gasteiger partial charge in [-0.2, -0.15) is 0 Å². The van der Waals surface area contributed by atoms with Crippen molar-refractivity contribution < 1.29 is 27.4 Å². The number of nitrogens with one attached hydrogen (secondary N) is 1. The highest BCUT2D eigenvalue weighted by Gasteiger charge is 2.32. The van der Waals surface area contributed by atoms with Gasteiger partial charge in [-0.3, -0.25) is 4.79 Å². The Morgan fingerprint density at radius 2 is 1.71 bits per heavy atom. The Kier molecular flexibility index (Phi) is 12.3. The van der Waals surface area contributed by atoms with Crippen LogP contribution in [0.25, 0.3) is 0 Å². The molecule has 8 heteroatoms. The SMILES string of the molecule is C[C@H](C[C@@H](NC(=O)CCCS(=O)(=O)C1CCCCC1)C(O)c1ccc(OCc2ccccc2)cc1)C1CCC[C@@H](F)C1. The van der Waals surface area contributed by atoms with Crippen molar-refractivity contribution >= 4 is 15.7 Å². The normalized spacial score (nSPS) is 22.2. The smallest absolute Gasteiger partial charge is 0.220 e. The fourth-order valence-electron chi connectivity index (χ4n) is 6.58. The van der Waals surface area contributed by atoms with Gasteiger partial charge in [0.15, 0.2) is 9.84 Å². The Bertz CT molecular complexity index is 1200. The minimum Gasteiger partial charge on any atom is -0.489 e. The van der Waals surface area contributed by atoms with E-state index in [1.807, 2.05) is 54.6 Å². The van der Waals surface area contributed by atoms with Crippen molar-refractivity contribution in [1.82, 2.24) is 5.32 Å². The number of carbonyl (C=O) groups is 1. The zero-order valence-electron chi connectivity index (χ0n) is 24.9. The Labute approximate surface area is 251 Å².